The molecule has 0 aliphatic carbocycles. The first-order valence-electron chi connectivity index (χ1n) is 43.2. The van der Waals surface area contributed by atoms with Crippen molar-refractivity contribution in [2.75, 3.05) is 39.6 Å². The normalized spacial score (nSPS) is 14.2. The Hall–Kier alpha value is -1.94. The monoisotopic (exact) mass is 1510 g/mol. The zero-order valence-corrected chi connectivity index (χ0v) is 69.7. The number of phosphoric ester groups is 2. The van der Waals surface area contributed by atoms with Crippen LogP contribution in [0.3, 0.4) is 0 Å². The third kappa shape index (κ3) is 76.6. The van der Waals surface area contributed by atoms with Crippen LogP contribution in [0.1, 0.15) is 434 Å². The molecule has 0 heterocycles. The smallest absolute Gasteiger partial charge is 0.462 e. The van der Waals surface area contributed by atoms with Crippen LogP contribution in [0.25, 0.3) is 0 Å². The molecule has 0 aromatic rings. The van der Waals surface area contributed by atoms with Gasteiger partial charge in [0.25, 0.3) is 0 Å². The fraction of sp³-hybridized carbons (Fsp3) is 0.952. The molecule has 612 valence electrons. The van der Waals surface area contributed by atoms with Gasteiger partial charge in [-0.25, -0.2) is 9.13 Å². The van der Waals surface area contributed by atoms with E-state index in [4.69, 9.17) is 37.0 Å². The van der Waals surface area contributed by atoms with Crippen LogP contribution in [0.4, 0.5) is 0 Å². The second kappa shape index (κ2) is 72.9. The summed E-state index contributed by atoms with van der Waals surface area (Å²) in [6.07, 6.45) is 61.1. The lowest BCUT2D eigenvalue weighted by molar-refractivity contribution is -0.161. The number of aliphatic hydroxyl groups is 1. The SMILES string of the molecule is CCC(C)CCCCCCCCC(=O)OC[C@H](COP(=O)(O)OC[C@H](O)COP(=O)(O)OC[C@@H](COC(=O)CCCCCCCCCCCCCCCCCCC(C)C)OC(=O)CCCCCCCCCCCCCCCCCC(C)C)OC(=O)CCCCCCCCCCCCCCCC(C)C. The molecule has 19 heteroatoms. The molecule has 17 nitrogen and oxygen atoms in total. The van der Waals surface area contributed by atoms with Crippen molar-refractivity contribution in [1.82, 2.24) is 0 Å². The van der Waals surface area contributed by atoms with Crippen molar-refractivity contribution in [2.24, 2.45) is 23.7 Å². The fourth-order valence-electron chi connectivity index (χ4n) is 12.9. The zero-order chi connectivity index (χ0) is 76.0. The van der Waals surface area contributed by atoms with E-state index in [2.05, 4.69) is 55.4 Å². The van der Waals surface area contributed by atoms with E-state index >= 15 is 0 Å². The lowest BCUT2D eigenvalue weighted by Gasteiger charge is -2.21. The molecule has 103 heavy (non-hydrogen) atoms. The zero-order valence-electron chi connectivity index (χ0n) is 68.0. The maximum atomic E-state index is 13.1. The highest BCUT2D eigenvalue weighted by molar-refractivity contribution is 7.47. The molecule has 0 saturated heterocycles. The Morgan fingerprint density at radius 2 is 0.466 bits per heavy atom. The van der Waals surface area contributed by atoms with Crippen molar-refractivity contribution in [2.45, 2.75) is 453 Å². The molecule has 0 rings (SSSR count). The third-order valence-electron chi connectivity index (χ3n) is 19.9. The highest BCUT2D eigenvalue weighted by Gasteiger charge is 2.30. The Labute approximate surface area is 632 Å². The van der Waals surface area contributed by atoms with E-state index in [9.17, 15) is 43.2 Å². The van der Waals surface area contributed by atoms with Crippen LogP contribution in [0.2, 0.25) is 0 Å². The third-order valence-corrected chi connectivity index (χ3v) is 21.8. The van der Waals surface area contributed by atoms with Gasteiger partial charge in [-0.3, -0.25) is 37.3 Å². The van der Waals surface area contributed by atoms with Crippen molar-refractivity contribution in [3.63, 3.8) is 0 Å². The Bertz CT molecular complexity index is 2010. The molecule has 0 aliphatic rings. The first kappa shape index (κ1) is 101. The second-order valence-corrected chi connectivity index (χ2v) is 34.8. The highest BCUT2D eigenvalue weighted by atomic mass is 31.2. The van der Waals surface area contributed by atoms with Crippen LogP contribution in [-0.4, -0.2) is 96.7 Å². The summed E-state index contributed by atoms with van der Waals surface area (Å²) >= 11 is 0. The Balaban J connectivity index is 5.24. The lowest BCUT2D eigenvalue weighted by atomic mass is 10.00. The fourth-order valence-corrected chi connectivity index (χ4v) is 14.5. The van der Waals surface area contributed by atoms with Crippen LogP contribution >= 0.6 is 15.6 Å². The number of rotatable bonds is 81. The van der Waals surface area contributed by atoms with Gasteiger partial charge in [-0.2, -0.15) is 0 Å². The Morgan fingerprint density at radius 1 is 0.272 bits per heavy atom. The predicted octanol–water partition coefficient (Wildman–Crippen LogP) is 25.2. The van der Waals surface area contributed by atoms with E-state index in [0.29, 0.717) is 25.7 Å². The average molecular weight is 1510 g/mol. The van der Waals surface area contributed by atoms with Gasteiger partial charge in [-0.1, -0.05) is 383 Å². The number of hydrogen-bond donors (Lipinski definition) is 3. The molecule has 0 amide bonds. The first-order chi connectivity index (χ1) is 49.6. The number of carbonyl (C=O) groups excluding carboxylic acids is 4. The van der Waals surface area contributed by atoms with Gasteiger partial charge < -0.3 is 33.8 Å². The van der Waals surface area contributed by atoms with Gasteiger partial charge in [0.2, 0.25) is 0 Å². The minimum absolute atomic E-state index is 0.106. The van der Waals surface area contributed by atoms with Gasteiger partial charge in [0.1, 0.15) is 19.3 Å². The van der Waals surface area contributed by atoms with E-state index < -0.39 is 97.5 Å². The van der Waals surface area contributed by atoms with E-state index in [1.165, 1.54) is 231 Å². The van der Waals surface area contributed by atoms with Gasteiger partial charge in [0.05, 0.1) is 26.4 Å². The molecule has 0 aromatic carbocycles. The van der Waals surface area contributed by atoms with Crippen molar-refractivity contribution in [1.29, 1.82) is 0 Å². The van der Waals surface area contributed by atoms with Gasteiger partial charge in [0.15, 0.2) is 12.2 Å². The van der Waals surface area contributed by atoms with Gasteiger partial charge in [-0.15, -0.1) is 0 Å². The molecule has 0 aromatic heterocycles. The number of carbonyl (C=O) groups is 4. The van der Waals surface area contributed by atoms with Crippen LogP contribution < -0.4 is 0 Å². The molecule has 0 fully saturated rings. The van der Waals surface area contributed by atoms with E-state index in [1.54, 1.807) is 0 Å². The lowest BCUT2D eigenvalue weighted by Crippen LogP contribution is -2.30. The van der Waals surface area contributed by atoms with Gasteiger partial charge >= 0.3 is 39.5 Å². The summed E-state index contributed by atoms with van der Waals surface area (Å²) in [6, 6.07) is 0. The maximum absolute atomic E-state index is 13.1. The summed E-state index contributed by atoms with van der Waals surface area (Å²) in [5.41, 5.74) is 0. The predicted molar refractivity (Wildman–Crippen MR) is 423 cm³/mol. The van der Waals surface area contributed by atoms with Crippen LogP contribution in [0.5, 0.6) is 0 Å². The number of aliphatic hydroxyl groups excluding tert-OH is 1. The molecular weight excluding hydrogens is 1340 g/mol. The van der Waals surface area contributed by atoms with Crippen molar-refractivity contribution < 1.29 is 80.2 Å². The summed E-state index contributed by atoms with van der Waals surface area (Å²) < 4.78 is 68.8. The van der Waals surface area contributed by atoms with E-state index in [0.717, 1.165) is 120 Å². The second-order valence-electron chi connectivity index (χ2n) is 31.9. The first-order valence-corrected chi connectivity index (χ1v) is 46.2. The largest absolute Gasteiger partial charge is 0.472 e. The molecule has 0 aliphatic heterocycles. The van der Waals surface area contributed by atoms with E-state index in [1.807, 2.05) is 0 Å². The Morgan fingerprint density at radius 3 is 0.689 bits per heavy atom. The number of esters is 4. The Kier molecular flexibility index (Phi) is 71.5. The van der Waals surface area contributed by atoms with Gasteiger partial charge in [0, 0.05) is 25.7 Å². The average Bonchev–Trinajstić information content (AvgIpc) is 0.905. The summed E-state index contributed by atoms with van der Waals surface area (Å²) in [4.78, 5) is 73.1. The number of phosphoric acid groups is 2. The number of ether oxygens (including phenoxy) is 4. The summed E-state index contributed by atoms with van der Waals surface area (Å²) in [7, 11) is -9.93. The van der Waals surface area contributed by atoms with Crippen LogP contribution in [0, 0.1) is 23.7 Å². The summed E-state index contributed by atoms with van der Waals surface area (Å²) in [5.74, 6) is 1.02. The van der Waals surface area contributed by atoms with Crippen LogP contribution in [0.15, 0.2) is 0 Å². The highest BCUT2D eigenvalue weighted by Crippen LogP contribution is 2.45. The number of hydrogen-bond acceptors (Lipinski definition) is 15. The summed E-state index contributed by atoms with van der Waals surface area (Å²) in [6.45, 7) is 14.3. The topological polar surface area (TPSA) is 237 Å². The molecule has 0 bridgehead atoms. The quantitative estimate of drug-likeness (QED) is 0.0222. The van der Waals surface area contributed by atoms with Crippen molar-refractivity contribution in [3.05, 3.63) is 0 Å². The molecule has 0 spiro atoms. The molecule has 0 radical (unpaired) electrons. The maximum Gasteiger partial charge on any atom is 0.472 e. The molecule has 3 N–H and O–H groups in total. The minimum Gasteiger partial charge on any atom is -0.462 e. The standard InChI is InChI=1S/C84H164O17P2/c1-9-77(8)63-55-47-42-43-49-57-65-82(87)95-71-80(101-84(89)67-59-51-41-35-29-23-17-20-26-32-38-46-54-62-76(6)7)73-99-103(92,93)97-69-78(85)68-96-102(90,91)98-72-79(100-83(88)66-58-50-40-34-28-22-16-12-14-19-25-31-37-45-53-61-75(4)5)70-94-81(86)64-56-48-39-33-27-21-15-11-10-13-18-24-30-36-44-52-60-74(2)3/h74-80,85H,9-73H2,1-8H3,(H,90,91)(H,92,93)/t77?,78-,79-,80-/m1/s1. The van der Waals surface area contributed by atoms with Crippen molar-refractivity contribution >= 4 is 39.5 Å². The molecule has 3 unspecified atom stereocenters. The minimum atomic E-state index is -4.97. The summed E-state index contributed by atoms with van der Waals surface area (Å²) in [5, 5.41) is 10.7. The molecular formula is C84H164O17P2. The molecule has 6 atom stereocenters. The van der Waals surface area contributed by atoms with Gasteiger partial charge in [-0.05, 0) is 49.4 Å². The number of unbranched alkanes of at least 4 members (excludes halogenated alkanes) is 46. The van der Waals surface area contributed by atoms with Crippen molar-refractivity contribution in [3.8, 4) is 0 Å². The van der Waals surface area contributed by atoms with Crippen LogP contribution in [-0.2, 0) is 65.4 Å². The molecule has 0 saturated carbocycles. The van der Waals surface area contributed by atoms with E-state index in [-0.39, 0.29) is 25.7 Å².